The van der Waals surface area contributed by atoms with Crippen molar-refractivity contribution in [2.45, 2.75) is 247 Å². The van der Waals surface area contributed by atoms with Gasteiger partial charge < -0.3 is 185 Å². The number of hydrogen-bond acceptors (Lipinski definition) is 37. The first-order chi connectivity index (χ1) is 41.2. The summed E-state index contributed by atoms with van der Waals surface area (Å²) in [7, 11) is 0. The summed E-state index contributed by atoms with van der Waals surface area (Å²) < 4.78 is 62.3. The van der Waals surface area contributed by atoms with E-state index >= 15 is 0 Å². The van der Waals surface area contributed by atoms with Crippen molar-refractivity contribution in [3.63, 3.8) is 0 Å². The van der Waals surface area contributed by atoms with Crippen LogP contribution in [0.15, 0.2) is 23.3 Å². The van der Waals surface area contributed by atoms with Crippen molar-refractivity contribution in [2.24, 2.45) is 0 Å². The second-order valence-electron chi connectivity index (χ2n) is 22.8. The Morgan fingerprint density at radius 1 is 0.333 bits per heavy atom. The number of rotatable bonds is 20. The van der Waals surface area contributed by atoms with Gasteiger partial charge in [0.1, 0.15) is 159 Å². The molecule has 38 atom stereocenters. The van der Waals surface area contributed by atoms with E-state index in [1.54, 1.807) is 0 Å². The molecule has 504 valence electrons. The van der Waals surface area contributed by atoms with Crippen molar-refractivity contribution < 1.29 is 175 Å². The van der Waals surface area contributed by atoms with Crippen LogP contribution in [0.1, 0.15) is 13.8 Å². The highest BCUT2D eigenvalue weighted by Crippen LogP contribution is 2.37. The first-order valence-electron chi connectivity index (χ1n) is 28.2. The van der Waals surface area contributed by atoms with Crippen LogP contribution in [0.2, 0.25) is 0 Å². The van der Waals surface area contributed by atoms with E-state index in [0.29, 0.717) is 0 Å². The molecule has 6 fully saturated rings. The molecule has 0 aromatic heterocycles. The zero-order valence-corrected chi connectivity index (χ0v) is 46.6. The lowest BCUT2D eigenvalue weighted by molar-refractivity contribution is -0.385. The number of hydrogen-bond donors (Lipinski definition) is 26. The van der Waals surface area contributed by atoms with Gasteiger partial charge in [0.25, 0.3) is 0 Å². The molecule has 8 rings (SSSR count). The summed E-state index contributed by atoms with van der Waals surface area (Å²) in [6.07, 6.45) is -59.1. The molecule has 0 spiro atoms. The maximum atomic E-state index is 11.5. The molecule has 0 saturated carbocycles. The van der Waals surface area contributed by atoms with E-state index in [-0.39, 0.29) is 11.1 Å². The van der Waals surface area contributed by atoms with Crippen molar-refractivity contribution in [1.82, 2.24) is 10.6 Å². The topological polar surface area (TPSA) is 611 Å². The van der Waals surface area contributed by atoms with Crippen LogP contribution >= 0.6 is 0 Å². The third kappa shape index (κ3) is 14.4. The Hall–Kier alpha value is -2.00. The normalized spacial score (nSPS) is 52.7. The van der Waals surface area contributed by atoms with Crippen LogP contribution in [-0.2, 0) is 52.1 Å². The summed E-state index contributed by atoms with van der Waals surface area (Å²) in [5, 5.41) is 263. The van der Waals surface area contributed by atoms with Crippen molar-refractivity contribution in [3.8, 4) is 0 Å². The lowest BCUT2D eigenvalue weighted by atomic mass is 9.86. The molecule has 0 aromatic rings. The second-order valence-corrected chi connectivity index (χ2v) is 22.8. The molecule has 38 unspecified atom stereocenters. The van der Waals surface area contributed by atoms with E-state index < -0.39 is 272 Å². The molecule has 37 heteroatoms. The van der Waals surface area contributed by atoms with E-state index in [0.717, 1.165) is 0 Å². The zero-order valence-electron chi connectivity index (χ0n) is 46.6. The first kappa shape index (κ1) is 70.9. The van der Waals surface area contributed by atoms with E-state index in [1.165, 1.54) is 26.0 Å². The van der Waals surface area contributed by atoms with Gasteiger partial charge in [0.15, 0.2) is 37.7 Å². The van der Waals surface area contributed by atoms with Gasteiger partial charge in [-0.2, -0.15) is 0 Å². The fourth-order valence-electron chi connectivity index (χ4n) is 12.0. The summed E-state index contributed by atoms with van der Waals surface area (Å²) in [4.78, 5) is 0. The summed E-state index contributed by atoms with van der Waals surface area (Å²) in [5.74, 6) is 0. The molecule has 0 bridgehead atoms. The molecule has 0 radical (unpaired) electrons. The Kier molecular flexibility index (Phi) is 24.4. The second kappa shape index (κ2) is 30.0. The summed E-state index contributed by atoms with van der Waals surface area (Å²) in [6.45, 7) is -2.54. The predicted molar refractivity (Wildman–Crippen MR) is 272 cm³/mol. The minimum Gasteiger partial charge on any atom is -0.394 e. The lowest BCUT2D eigenvalue weighted by Crippen LogP contribution is -2.69. The molecule has 37 nitrogen and oxygen atoms in total. The van der Waals surface area contributed by atoms with E-state index in [4.69, 9.17) is 52.1 Å². The molecule has 0 aromatic carbocycles. The summed E-state index contributed by atoms with van der Waals surface area (Å²) >= 11 is 0. The number of ether oxygens (including phenoxy) is 11. The van der Waals surface area contributed by atoms with E-state index in [2.05, 4.69) is 10.6 Å². The average molecular weight is 1270 g/mol. The zero-order chi connectivity index (χ0) is 63.9. The van der Waals surface area contributed by atoms with E-state index in [1.807, 2.05) is 0 Å². The molecule has 6 aliphatic heterocycles. The largest absolute Gasteiger partial charge is 0.394 e. The van der Waals surface area contributed by atoms with Crippen LogP contribution in [0.4, 0.5) is 0 Å². The Labute approximate surface area is 494 Å². The SMILES string of the molecule is CC1OC(OC2C(CO)OC(OC3C(CO)=CC(NC4C(C)OC(OC5C(CO)OC(OC6C(CO)OC(OC7C(CO)OC(O)C(O)C7O)C(O)C6O)C(O)C5O)C(O)C4O)C(O)C3O)C(O)C2O)C(O)C(O)C1NC1C=C(CO)C(O)C(O)C1O. The molecular weight excluding hydrogens is 1190 g/mol. The van der Waals surface area contributed by atoms with Crippen molar-refractivity contribution in [1.29, 1.82) is 0 Å². The first-order valence-corrected chi connectivity index (χ1v) is 28.2. The van der Waals surface area contributed by atoms with Crippen LogP contribution in [-0.4, -0.2) is 395 Å². The highest BCUT2D eigenvalue weighted by molar-refractivity contribution is 5.24. The van der Waals surface area contributed by atoms with Gasteiger partial charge in [-0.3, -0.25) is 0 Å². The Balaban J connectivity index is 0.851. The molecule has 87 heavy (non-hydrogen) atoms. The standard InChI is InChI=1S/C50H84N2O35/c1-11-21(51-15-3-13(5-53)23(59)28(64)24(15)60)26(62)35(71)46(77-11)84-42-18(8-56)80-48(37(73)31(42)67)83-40-14(6-54)4-16(25(61)29(40)65)52-22-12(2)78-47(36(72)27(22)63)85-43-19(9-57)81-50(38(74)32(43)68)87-44-20(10-58)82-49(39(75)33(44)69)86-41-17(7-55)79-45(76)34(70)30(41)66/h3-4,11-12,15-76H,5-10H2,1-2H3. The molecule has 26 N–H and O–H groups in total. The van der Waals surface area contributed by atoms with Gasteiger partial charge in [-0.05, 0) is 25.0 Å². The quantitative estimate of drug-likeness (QED) is 0.0503. The van der Waals surface area contributed by atoms with Crippen LogP contribution in [0.5, 0.6) is 0 Å². The molecule has 6 saturated heterocycles. The molecule has 0 amide bonds. The van der Waals surface area contributed by atoms with Gasteiger partial charge >= 0.3 is 0 Å². The minimum absolute atomic E-state index is 0.0298. The van der Waals surface area contributed by atoms with Crippen molar-refractivity contribution in [3.05, 3.63) is 23.3 Å². The summed E-state index contributed by atoms with van der Waals surface area (Å²) in [6, 6.07) is -5.08. The predicted octanol–water partition coefficient (Wildman–Crippen LogP) is -16.1. The van der Waals surface area contributed by atoms with Gasteiger partial charge in [0, 0.05) is 0 Å². The van der Waals surface area contributed by atoms with Crippen LogP contribution in [0, 0.1) is 0 Å². The van der Waals surface area contributed by atoms with Gasteiger partial charge in [0.05, 0.1) is 76.0 Å². The van der Waals surface area contributed by atoms with Crippen LogP contribution in [0.25, 0.3) is 0 Å². The minimum atomic E-state index is -2.14. The number of aliphatic hydroxyl groups is 24. The molecule has 8 aliphatic rings. The number of nitrogens with one attached hydrogen (secondary N) is 2. The van der Waals surface area contributed by atoms with Gasteiger partial charge in [0.2, 0.25) is 0 Å². The third-order valence-corrected chi connectivity index (χ3v) is 17.2. The van der Waals surface area contributed by atoms with Crippen molar-refractivity contribution >= 4 is 0 Å². The monoisotopic (exact) mass is 1270 g/mol. The average Bonchev–Trinajstić information content (AvgIpc) is 1.46. The number of aliphatic hydroxyl groups excluding tert-OH is 24. The highest BCUT2D eigenvalue weighted by atomic mass is 16.8. The molecule has 6 heterocycles. The van der Waals surface area contributed by atoms with Gasteiger partial charge in [-0.15, -0.1) is 0 Å². The lowest BCUT2D eigenvalue weighted by Gasteiger charge is -2.49. The maximum Gasteiger partial charge on any atom is 0.187 e. The highest BCUT2D eigenvalue weighted by Gasteiger charge is 2.57. The molecule has 2 aliphatic carbocycles. The van der Waals surface area contributed by atoms with Crippen molar-refractivity contribution in [2.75, 3.05) is 39.6 Å². The van der Waals surface area contributed by atoms with Crippen LogP contribution in [0.3, 0.4) is 0 Å². The fourth-order valence-corrected chi connectivity index (χ4v) is 12.0. The van der Waals surface area contributed by atoms with Crippen LogP contribution < -0.4 is 10.6 Å². The Morgan fingerprint density at radius 2 is 0.644 bits per heavy atom. The van der Waals surface area contributed by atoms with Gasteiger partial charge in [-0.1, -0.05) is 12.2 Å². The summed E-state index contributed by atoms with van der Waals surface area (Å²) in [5.41, 5.74) is -0.201. The molecular formula is C50H84N2O35. The Bertz CT molecular complexity index is 2230. The maximum absolute atomic E-state index is 11.5. The smallest absolute Gasteiger partial charge is 0.187 e. The van der Waals surface area contributed by atoms with Gasteiger partial charge in [-0.25, -0.2) is 0 Å². The third-order valence-electron chi connectivity index (χ3n) is 17.2. The Morgan fingerprint density at radius 3 is 1.01 bits per heavy atom. The van der Waals surface area contributed by atoms with E-state index in [9.17, 15) is 123 Å². The fraction of sp³-hybridized carbons (Fsp3) is 0.920.